The Morgan fingerprint density at radius 3 is 2.95 bits per heavy atom. The Bertz CT molecular complexity index is 833. The number of aromatic nitrogens is 5. The van der Waals surface area contributed by atoms with Gasteiger partial charge < -0.3 is 9.26 Å². The van der Waals surface area contributed by atoms with Crippen molar-refractivity contribution >= 4 is 0 Å². The first-order chi connectivity index (χ1) is 10.7. The van der Waals surface area contributed by atoms with E-state index in [4.69, 9.17) is 9.26 Å². The molecule has 0 aliphatic carbocycles. The molecule has 0 fully saturated rings. The number of hydrogen-bond acceptors (Lipinski definition) is 6. The predicted molar refractivity (Wildman–Crippen MR) is 77.0 cm³/mol. The second kappa shape index (κ2) is 5.94. The molecule has 0 saturated heterocycles. The van der Waals surface area contributed by atoms with E-state index in [1.807, 2.05) is 13.2 Å². The minimum atomic E-state index is -0.205. The van der Waals surface area contributed by atoms with Gasteiger partial charge in [-0.05, 0) is 6.07 Å². The molecule has 0 aliphatic heterocycles. The molecule has 0 unspecified atom stereocenters. The summed E-state index contributed by atoms with van der Waals surface area (Å²) < 4.78 is 13.1. The zero-order chi connectivity index (χ0) is 15.5. The Labute approximate surface area is 125 Å². The molecule has 3 aromatic heterocycles. The molecule has 3 heterocycles. The van der Waals surface area contributed by atoms with Crippen LogP contribution in [0.5, 0.6) is 0 Å². The van der Waals surface area contributed by atoms with Gasteiger partial charge in [0.25, 0.3) is 5.56 Å². The molecule has 3 rings (SSSR count). The van der Waals surface area contributed by atoms with Crippen LogP contribution in [0.3, 0.4) is 0 Å². The molecule has 0 atom stereocenters. The molecule has 0 aliphatic rings. The average molecular weight is 301 g/mol. The van der Waals surface area contributed by atoms with Crippen LogP contribution in [0.2, 0.25) is 0 Å². The summed E-state index contributed by atoms with van der Waals surface area (Å²) in [6.45, 7) is 0.575. The van der Waals surface area contributed by atoms with Gasteiger partial charge in [-0.25, -0.2) is 4.68 Å². The molecule has 0 aromatic carbocycles. The molecule has 8 nitrogen and oxygen atoms in total. The number of ether oxygens (including phenoxy) is 1. The lowest BCUT2D eigenvalue weighted by molar-refractivity contribution is 0.155. The summed E-state index contributed by atoms with van der Waals surface area (Å²) in [4.78, 5) is 11.9. The van der Waals surface area contributed by atoms with Crippen molar-refractivity contribution in [2.24, 2.45) is 7.05 Å². The fraction of sp³-hybridized carbons (Fsp3) is 0.286. The highest BCUT2D eigenvalue weighted by Crippen LogP contribution is 2.13. The number of rotatable bonds is 5. The van der Waals surface area contributed by atoms with Gasteiger partial charge >= 0.3 is 0 Å². The Morgan fingerprint density at radius 1 is 1.36 bits per heavy atom. The van der Waals surface area contributed by atoms with Gasteiger partial charge in [0.1, 0.15) is 12.3 Å². The van der Waals surface area contributed by atoms with E-state index in [2.05, 4.69) is 15.4 Å². The van der Waals surface area contributed by atoms with Crippen molar-refractivity contribution in [2.45, 2.75) is 13.2 Å². The van der Waals surface area contributed by atoms with Crippen LogP contribution in [0, 0.1) is 0 Å². The quantitative estimate of drug-likeness (QED) is 0.693. The minimum absolute atomic E-state index is 0.205. The highest BCUT2D eigenvalue weighted by atomic mass is 16.5. The van der Waals surface area contributed by atoms with E-state index in [1.165, 1.54) is 10.7 Å². The number of methoxy groups -OCH3 is 1. The van der Waals surface area contributed by atoms with Gasteiger partial charge in [-0.15, -0.1) is 0 Å². The maximum atomic E-state index is 11.9. The molecular weight excluding hydrogens is 286 g/mol. The lowest BCUT2D eigenvalue weighted by atomic mass is 10.2. The summed E-state index contributed by atoms with van der Waals surface area (Å²) in [5.41, 5.74) is 1.93. The number of nitrogens with zero attached hydrogens (tertiary/aromatic N) is 5. The van der Waals surface area contributed by atoms with Crippen LogP contribution in [0.1, 0.15) is 11.5 Å². The van der Waals surface area contributed by atoms with Gasteiger partial charge in [-0.2, -0.15) is 10.2 Å². The first-order valence-electron chi connectivity index (χ1n) is 6.66. The molecule has 0 saturated carbocycles. The molecule has 0 amide bonds. The molecule has 0 bridgehead atoms. The van der Waals surface area contributed by atoms with E-state index in [0.717, 1.165) is 5.56 Å². The third-order valence-electron chi connectivity index (χ3n) is 3.07. The summed E-state index contributed by atoms with van der Waals surface area (Å²) in [6, 6.07) is 4.90. The molecule has 0 N–H and O–H groups in total. The first-order valence-corrected chi connectivity index (χ1v) is 6.66. The smallest absolute Gasteiger partial charge is 0.267 e. The van der Waals surface area contributed by atoms with Gasteiger partial charge in [0, 0.05) is 38.1 Å². The van der Waals surface area contributed by atoms with E-state index in [1.54, 1.807) is 30.1 Å². The topological polar surface area (TPSA) is 88.0 Å². The minimum Gasteiger partial charge on any atom is -0.377 e. The average Bonchev–Trinajstić information content (AvgIpc) is 3.11. The largest absolute Gasteiger partial charge is 0.377 e. The predicted octanol–water partition coefficient (Wildman–Crippen LogP) is 0.827. The van der Waals surface area contributed by atoms with Crippen molar-refractivity contribution in [3.05, 3.63) is 52.4 Å². The van der Waals surface area contributed by atoms with Gasteiger partial charge in [0.2, 0.25) is 0 Å². The van der Waals surface area contributed by atoms with E-state index in [-0.39, 0.29) is 12.1 Å². The van der Waals surface area contributed by atoms with Crippen LogP contribution < -0.4 is 5.56 Å². The van der Waals surface area contributed by atoms with Crippen LogP contribution in [-0.4, -0.2) is 31.8 Å². The molecule has 8 heteroatoms. The number of aryl methyl sites for hydroxylation is 1. The van der Waals surface area contributed by atoms with Gasteiger partial charge in [-0.3, -0.25) is 9.48 Å². The maximum absolute atomic E-state index is 11.9. The summed E-state index contributed by atoms with van der Waals surface area (Å²) in [5, 5.41) is 12.4. The van der Waals surface area contributed by atoms with Crippen LogP contribution in [0.25, 0.3) is 11.3 Å². The first kappa shape index (κ1) is 14.2. The second-order valence-corrected chi connectivity index (χ2v) is 4.83. The third kappa shape index (κ3) is 2.96. The van der Waals surface area contributed by atoms with Crippen LogP contribution in [0.4, 0.5) is 0 Å². The lowest BCUT2D eigenvalue weighted by Gasteiger charge is -2.03. The van der Waals surface area contributed by atoms with Crippen LogP contribution in [0.15, 0.2) is 39.9 Å². The zero-order valence-electron chi connectivity index (χ0n) is 12.3. The highest BCUT2D eigenvalue weighted by Gasteiger charge is 2.09. The number of hydrogen-bond donors (Lipinski definition) is 0. The molecule has 0 radical (unpaired) electrons. The Kier molecular flexibility index (Phi) is 3.84. The van der Waals surface area contributed by atoms with E-state index in [0.29, 0.717) is 23.8 Å². The summed E-state index contributed by atoms with van der Waals surface area (Å²) in [5.74, 6) is 0.606. The molecule has 0 spiro atoms. The summed E-state index contributed by atoms with van der Waals surface area (Å²) in [7, 11) is 3.40. The third-order valence-corrected chi connectivity index (χ3v) is 3.07. The molecular formula is C14H15N5O3. The van der Waals surface area contributed by atoms with E-state index in [9.17, 15) is 4.79 Å². The second-order valence-electron chi connectivity index (χ2n) is 4.83. The van der Waals surface area contributed by atoms with Crippen molar-refractivity contribution in [3.8, 4) is 11.3 Å². The Hall–Kier alpha value is -2.74. The SMILES string of the molecule is COCc1cc(Cn2nc(-c3cnn(C)c3)ccc2=O)no1. The van der Waals surface area contributed by atoms with Crippen molar-refractivity contribution < 1.29 is 9.26 Å². The molecule has 114 valence electrons. The van der Waals surface area contributed by atoms with Crippen molar-refractivity contribution in [2.75, 3.05) is 7.11 Å². The van der Waals surface area contributed by atoms with Crippen molar-refractivity contribution in [1.29, 1.82) is 0 Å². The fourth-order valence-corrected chi connectivity index (χ4v) is 2.06. The van der Waals surface area contributed by atoms with Gasteiger partial charge in [0.15, 0.2) is 5.76 Å². The van der Waals surface area contributed by atoms with Gasteiger partial charge in [-0.1, -0.05) is 5.16 Å². The van der Waals surface area contributed by atoms with E-state index < -0.39 is 0 Å². The molecule has 3 aromatic rings. The lowest BCUT2D eigenvalue weighted by Crippen LogP contribution is -2.22. The van der Waals surface area contributed by atoms with Crippen LogP contribution in [-0.2, 0) is 24.9 Å². The fourth-order valence-electron chi connectivity index (χ4n) is 2.06. The van der Waals surface area contributed by atoms with E-state index >= 15 is 0 Å². The van der Waals surface area contributed by atoms with Crippen molar-refractivity contribution in [3.63, 3.8) is 0 Å². The highest BCUT2D eigenvalue weighted by molar-refractivity contribution is 5.55. The standard InChI is InChI=1S/C14H15N5O3/c1-18-7-10(6-15-18)13-3-4-14(20)19(16-13)8-11-5-12(9-21-2)22-17-11/h3-7H,8-9H2,1-2H3. The zero-order valence-corrected chi connectivity index (χ0v) is 12.3. The van der Waals surface area contributed by atoms with Gasteiger partial charge in [0.05, 0.1) is 18.4 Å². The Morgan fingerprint density at radius 2 is 2.23 bits per heavy atom. The monoisotopic (exact) mass is 301 g/mol. The summed E-state index contributed by atoms with van der Waals surface area (Å²) in [6.07, 6.45) is 3.54. The van der Waals surface area contributed by atoms with Crippen molar-refractivity contribution in [1.82, 2.24) is 24.7 Å². The summed E-state index contributed by atoms with van der Waals surface area (Å²) >= 11 is 0. The normalized spacial score (nSPS) is 11.0. The maximum Gasteiger partial charge on any atom is 0.267 e. The Balaban J connectivity index is 1.87. The molecule has 22 heavy (non-hydrogen) atoms. The van der Waals surface area contributed by atoms with Crippen LogP contribution >= 0.6 is 0 Å².